The average molecular weight is 422 g/mol. The van der Waals surface area contributed by atoms with Crippen molar-refractivity contribution in [3.05, 3.63) is 59.7 Å². The molecule has 2 aliphatic rings. The number of imidazole rings is 1. The van der Waals surface area contributed by atoms with E-state index in [2.05, 4.69) is 42.7 Å². The minimum Gasteiger partial charge on any atom is -0.343 e. The number of aromatic nitrogens is 4. The molecule has 1 saturated heterocycles. The van der Waals surface area contributed by atoms with E-state index in [0.29, 0.717) is 10.6 Å². The quantitative estimate of drug-likeness (QED) is 0.582. The number of benzene rings is 1. The Hall–Kier alpha value is -2.91. The highest BCUT2D eigenvalue weighted by molar-refractivity contribution is 8.04. The normalized spacial score (nSPS) is 20.2. The summed E-state index contributed by atoms with van der Waals surface area (Å²) in [6.45, 7) is 1.75. The van der Waals surface area contributed by atoms with Crippen LogP contribution in [0.5, 0.6) is 0 Å². The summed E-state index contributed by atoms with van der Waals surface area (Å²) in [7, 11) is 0. The molecule has 0 spiro atoms. The number of hydrogen-bond acceptors (Lipinski definition) is 7. The van der Waals surface area contributed by atoms with Gasteiger partial charge in [-0.1, -0.05) is 30.3 Å². The molecule has 154 valence electrons. The van der Waals surface area contributed by atoms with Crippen LogP contribution < -0.4 is 15.5 Å². The lowest BCUT2D eigenvalue weighted by Crippen LogP contribution is -2.41. The number of anilines is 1. The Labute approximate surface area is 178 Å². The van der Waals surface area contributed by atoms with Crippen LogP contribution in [0.3, 0.4) is 0 Å². The van der Waals surface area contributed by atoms with Crippen molar-refractivity contribution in [1.82, 2.24) is 30.6 Å². The lowest BCUT2D eigenvalue weighted by Gasteiger charge is -2.28. The summed E-state index contributed by atoms with van der Waals surface area (Å²) in [5, 5.41) is 6.81. The maximum atomic E-state index is 13.2. The summed E-state index contributed by atoms with van der Waals surface area (Å²) in [5.74, 6) is 1.48. The number of aromatic amines is 1. The number of carbonyl (C=O) groups is 1. The third-order valence-electron chi connectivity index (χ3n) is 5.51. The van der Waals surface area contributed by atoms with Gasteiger partial charge in [-0.05, 0) is 24.9 Å². The molecule has 30 heavy (non-hydrogen) atoms. The molecule has 3 aromatic rings. The molecule has 0 aliphatic carbocycles. The molecule has 2 aromatic heterocycles. The van der Waals surface area contributed by atoms with Crippen molar-refractivity contribution < 1.29 is 4.79 Å². The van der Waals surface area contributed by atoms with Crippen molar-refractivity contribution in [2.75, 3.05) is 23.7 Å². The Balaban J connectivity index is 1.39. The Morgan fingerprint density at radius 3 is 2.97 bits per heavy atom. The lowest BCUT2D eigenvalue weighted by atomic mass is 9.98. The first-order chi connectivity index (χ1) is 14.8. The standard InChI is InChI=1S/C21H23N7OS/c29-21(27-17(15-7-4-8-22-15)14-5-2-1-3-6-14)16-11-28(9-10-30-16)20-18-19(24-12-23-18)25-13-26-20/h1-3,5-6,11-13,15,17,22H,4,7-10H2,(H,27,29)(H,23,24,25,26)/t15-,17?/m1/s1. The van der Waals surface area contributed by atoms with Crippen LogP contribution in [0, 0.1) is 0 Å². The number of thioether (sulfide) groups is 1. The minimum absolute atomic E-state index is 0.0536. The molecular formula is C21H23N7OS. The fourth-order valence-corrected chi connectivity index (χ4v) is 4.94. The zero-order valence-electron chi connectivity index (χ0n) is 16.4. The van der Waals surface area contributed by atoms with Crippen molar-refractivity contribution in [3.8, 4) is 0 Å². The topological polar surface area (TPSA) is 98.8 Å². The number of H-pyrrole nitrogens is 1. The zero-order chi connectivity index (χ0) is 20.3. The molecule has 5 rings (SSSR count). The molecule has 0 saturated carbocycles. The van der Waals surface area contributed by atoms with Gasteiger partial charge in [0, 0.05) is 24.5 Å². The number of fused-ring (bicyclic) bond motifs is 1. The summed E-state index contributed by atoms with van der Waals surface area (Å²) >= 11 is 1.57. The molecule has 9 heteroatoms. The Bertz CT molecular complexity index is 1060. The smallest absolute Gasteiger partial charge is 0.259 e. The molecule has 2 atom stereocenters. The van der Waals surface area contributed by atoms with Crippen LogP contribution in [0.1, 0.15) is 24.4 Å². The maximum absolute atomic E-state index is 13.2. The van der Waals surface area contributed by atoms with E-state index in [0.717, 1.165) is 48.6 Å². The molecule has 0 radical (unpaired) electrons. The molecule has 1 aromatic carbocycles. The van der Waals surface area contributed by atoms with Gasteiger partial charge in [-0.25, -0.2) is 15.0 Å². The van der Waals surface area contributed by atoms with Crippen molar-refractivity contribution in [2.24, 2.45) is 0 Å². The molecule has 8 nitrogen and oxygen atoms in total. The monoisotopic (exact) mass is 421 g/mol. The summed E-state index contributed by atoms with van der Waals surface area (Å²) in [5.41, 5.74) is 2.52. The number of nitrogens with one attached hydrogen (secondary N) is 3. The Kier molecular flexibility index (Phi) is 5.37. The van der Waals surface area contributed by atoms with E-state index in [1.54, 1.807) is 18.1 Å². The second-order valence-corrected chi connectivity index (χ2v) is 8.54. The van der Waals surface area contributed by atoms with Gasteiger partial charge in [-0.3, -0.25) is 4.79 Å². The number of carbonyl (C=O) groups excluding carboxylic acids is 1. The number of hydrogen-bond donors (Lipinski definition) is 3. The van der Waals surface area contributed by atoms with Gasteiger partial charge >= 0.3 is 0 Å². The van der Waals surface area contributed by atoms with Crippen LogP contribution in [-0.4, -0.2) is 50.7 Å². The number of nitrogens with zero attached hydrogens (tertiary/aromatic N) is 4. The van der Waals surface area contributed by atoms with E-state index >= 15 is 0 Å². The van der Waals surface area contributed by atoms with E-state index in [1.165, 1.54) is 6.33 Å². The van der Waals surface area contributed by atoms with E-state index < -0.39 is 0 Å². The SMILES string of the molecule is O=C(NC(c1ccccc1)[C@H]1CCCN1)C1=CN(c2ncnc3nc[nH]c23)CCS1. The van der Waals surface area contributed by atoms with Crippen LogP contribution in [-0.2, 0) is 4.79 Å². The van der Waals surface area contributed by atoms with Gasteiger partial charge in [0.15, 0.2) is 11.5 Å². The maximum Gasteiger partial charge on any atom is 0.259 e. The minimum atomic E-state index is -0.0589. The van der Waals surface area contributed by atoms with Gasteiger partial charge in [0.1, 0.15) is 11.8 Å². The van der Waals surface area contributed by atoms with E-state index in [9.17, 15) is 4.79 Å². The fourth-order valence-electron chi connectivity index (χ4n) is 4.04. The molecule has 1 amide bonds. The van der Waals surface area contributed by atoms with Crippen LogP contribution in [0.4, 0.5) is 5.82 Å². The largest absolute Gasteiger partial charge is 0.343 e. The van der Waals surface area contributed by atoms with Gasteiger partial charge < -0.3 is 20.5 Å². The molecule has 0 bridgehead atoms. The van der Waals surface area contributed by atoms with Gasteiger partial charge in [-0.2, -0.15) is 0 Å². The Morgan fingerprint density at radius 2 is 2.13 bits per heavy atom. The molecule has 1 fully saturated rings. The Morgan fingerprint density at radius 1 is 1.23 bits per heavy atom. The van der Waals surface area contributed by atoms with Crippen LogP contribution in [0.25, 0.3) is 11.2 Å². The highest BCUT2D eigenvalue weighted by Crippen LogP contribution is 2.29. The summed E-state index contributed by atoms with van der Waals surface area (Å²) in [4.78, 5) is 31.8. The fraction of sp³-hybridized carbons (Fsp3) is 0.333. The lowest BCUT2D eigenvalue weighted by molar-refractivity contribution is -0.117. The van der Waals surface area contributed by atoms with Gasteiger partial charge in [0.2, 0.25) is 0 Å². The molecular weight excluding hydrogens is 398 g/mol. The van der Waals surface area contributed by atoms with Gasteiger partial charge in [-0.15, -0.1) is 11.8 Å². The van der Waals surface area contributed by atoms with E-state index in [1.807, 2.05) is 29.3 Å². The van der Waals surface area contributed by atoms with Crippen molar-refractivity contribution in [3.63, 3.8) is 0 Å². The van der Waals surface area contributed by atoms with E-state index in [-0.39, 0.29) is 18.0 Å². The predicted molar refractivity (Wildman–Crippen MR) is 118 cm³/mol. The summed E-state index contributed by atoms with van der Waals surface area (Å²) in [6.07, 6.45) is 7.18. The third kappa shape index (κ3) is 3.78. The second kappa shape index (κ2) is 8.45. The van der Waals surface area contributed by atoms with Crippen LogP contribution in [0.2, 0.25) is 0 Å². The first-order valence-corrected chi connectivity index (χ1v) is 11.1. The molecule has 2 aliphatic heterocycles. The first kappa shape index (κ1) is 19.1. The second-order valence-electron chi connectivity index (χ2n) is 7.40. The van der Waals surface area contributed by atoms with Crippen molar-refractivity contribution >= 4 is 34.7 Å². The van der Waals surface area contributed by atoms with Gasteiger partial charge in [0.25, 0.3) is 5.91 Å². The number of amides is 1. The average Bonchev–Trinajstić information content (AvgIpc) is 3.50. The molecule has 1 unspecified atom stereocenters. The third-order valence-corrected chi connectivity index (χ3v) is 6.50. The summed E-state index contributed by atoms with van der Waals surface area (Å²) < 4.78 is 0. The van der Waals surface area contributed by atoms with Crippen molar-refractivity contribution in [1.29, 1.82) is 0 Å². The molecule has 3 N–H and O–H groups in total. The van der Waals surface area contributed by atoms with E-state index in [4.69, 9.17) is 0 Å². The van der Waals surface area contributed by atoms with Crippen molar-refractivity contribution in [2.45, 2.75) is 24.9 Å². The molecule has 4 heterocycles. The van der Waals surface area contributed by atoms with Crippen LogP contribution in [0.15, 0.2) is 54.1 Å². The predicted octanol–water partition coefficient (Wildman–Crippen LogP) is 2.36. The van der Waals surface area contributed by atoms with Crippen LogP contribution >= 0.6 is 11.8 Å². The first-order valence-electron chi connectivity index (χ1n) is 10.1. The highest BCUT2D eigenvalue weighted by atomic mass is 32.2. The zero-order valence-corrected chi connectivity index (χ0v) is 17.2. The highest BCUT2D eigenvalue weighted by Gasteiger charge is 2.29. The summed E-state index contributed by atoms with van der Waals surface area (Å²) in [6, 6.07) is 10.4. The number of rotatable bonds is 5. The van der Waals surface area contributed by atoms with Gasteiger partial charge in [0.05, 0.1) is 17.3 Å².